The Morgan fingerprint density at radius 2 is 1.77 bits per heavy atom. The van der Waals surface area contributed by atoms with Crippen LogP contribution in [-0.2, 0) is 17.8 Å². The summed E-state index contributed by atoms with van der Waals surface area (Å²) in [4.78, 5) is 14.9. The van der Waals surface area contributed by atoms with Gasteiger partial charge in [0.05, 0.1) is 18.7 Å². The normalized spacial score (nSPS) is 23.6. The molecule has 0 radical (unpaired) electrons. The van der Waals surface area contributed by atoms with Gasteiger partial charge in [0.1, 0.15) is 0 Å². The minimum Gasteiger partial charge on any atom is -0.393 e. The Morgan fingerprint density at radius 3 is 2.50 bits per heavy atom. The number of amides is 1. The lowest BCUT2D eigenvalue weighted by molar-refractivity contribution is -0.124. The zero-order valence-corrected chi connectivity index (χ0v) is 15.0. The molecule has 4 heteroatoms. The third-order valence-corrected chi connectivity index (χ3v) is 5.67. The Morgan fingerprint density at radius 1 is 1.08 bits per heavy atom. The van der Waals surface area contributed by atoms with Crippen LogP contribution in [0.25, 0.3) is 0 Å². The molecule has 1 aliphatic carbocycles. The first-order chi connectivity index (χ1) is 12.7. The maximum absolute atomic E-state index is 12.7. The number of aliphatic hydroxyl groups excluding tert-OH is 1. The van der Waals surface area contributed by atoms with Crippen molar-refractivity contribution in [1.29, 1.82) is 0 Å². The number of carbonyl (C=O) groups is 1. The Hall–Kier alpha value is -2.17. The number of nitrogens with one attached hydrogen (secondary N) is 1. The number of hydrogen-bond donors (Lipinski definition) is 2. The molecule has 0 bridgehead atoms. The molecule has 0 unspecified atom stereocenters. The number of fused-ring (bicyclic) bond motifs is 1. The highest BCUT2D eigenvalue weighted by molar-refractivity contribution is 5.78. The van der Waals surface area contributed by atoms with Gasteiger partial charge in [-0.15, -0.1) is 0 Å². The van der Waals surface area contributed by atoms with Crippen LogP contribution in [0.1, 0.15) is 35.6 Å². The molecule has 1 saturated carbocycles. The molecular weight excluding hydrogens is 324 g/mol. The number of rotatable bonds is 5. The lowest BCUT2D eigenvalue weighted by Gasteiger charge is -2.38. The molecule has 1 fully saturated rings. The highest BCUT2D eigenvalue weighted by atomic mass is 16.3. The number of carbonyl (C=O) groups excluding carboxylic acids is 1. The van der Waals surface area contributed by atoms with E-state index in [1.165, 1.54) is 11.1 Å². The topological polar surface area (TPSA) is 52.6 Å². The SMILES string of the molecule is O=C(CN1CCc2ccccc2C1)N[C@H](c1ccccc1)C1CC(O)C1. The highest BCUT2D eigenvalue weighted by Crippen LogP contribution is 2.38. The molecule has 1 atom stereocenters. The van der Waals surface area contributed by atoms with Gasteiger partial charge >= 0.3 is 0 Å². The molecule has 0 saturated heterocycles. The van der Waals surface area contributed by atoms with Crippen molar-refractivity contribution in [3.05, 3.63) is 71.3 Å². The minimum absolute atomic E-state index is 0.0100. The maximum Gasteiger partial charge on any atom is 0.234 e. The van der Waals surface area contributed by atoms with Crippen LogP contribution in [0, 0.1) is 5.92 Å². The molecule has 0 spiro atoms. The van der Waals surface area contributed by atoms with E-state index in [0.717, 1.165) is 37.9 Å². The number of hydrogen-bond acceptors (Lipinski definition) is 3. The first-order valence-electron chi connectivity index (χ1n) is 9.50. The van der Waals surface area contributed by atoms with Crippen molar-refractivity contribution in [2.45, 2.75) is 38.0 Å². The number of aliphatic hydroxyl groups is 1. The van der Waals surface area contributed by atoms with Gasteiger partial charge in [-0.3, -0.25) is 9.69 Å². The molecule has 136 valence electrons. The van der Waals surface area contributed by atoms with E-state index in [9.17, 15) is 9.90 Å². The van der Waals surface area contributed by atoms with Crippen LogP contribution >= 0.6 is 0 Å². The molecule has 1 amide bonds. The van der Waals surface area contributed by atoms with Gasteiger partial charge in [0, 0.05) is 13.1 Å². The zero-order chi connectivity index (χ0) is 17.9. The number of benzene rings is 2. The summed E-state index contributed by atoms with van der Waals surface area (Å²) >= 11 is 0. The lowest BCUT2D eigenvalue weighted by atomic mass is 9.75. The summed E-state index contributed by atoms with van der Waals surface area (Å²) in [6.07, 6.45) is 2.30. The van der Waals surface area contributed by atoms with Gasteiger partial charge in [0.15, 0.2) is 0 Å². The van der Waals surface area contributed by atoms with E-state index in [-0.39, 0.29) is 18.1 Å². The summed E-state index contributed by atoms with van der Waals surface area (Å²) in [6.45, 7) is 2.18. The summed E-state index contributed by atoms with van der Waals surface area (Å²) in [5.41, 5.74) is 3.85. The monoisotopic (exact) mass is 350 g/mol. The second kappa shape index (κ2) is 7.60. The van der Waals surface area contributed by atoms with Crippen LogP contribution in [-0.4, -0.2) is 35.1 Å². The number of nitrogens with zero attached hydrogens (tertiary/aromatic N) is 1. The zero-order valence-electron chi connectivity index (χ0n) is 15.0. The van der Waals surface area contributed by atoms with Crippen molar-refractivity contribution in [2.75, 3.05) is 13.1 Å². The van der Waals surface area contributed by atoms with Crippen LogP contribution in [0.3, 0.4) is 0 Å². The Labute approximate surface area is 154 Å². The largest absolute Gasteiger partial charge is 0.393 e. The lowest BCUT2D eigenvalue weighted by Crippen LogP contribution is -2.45. The fraction of sp³-hybridized carbons (Fsp3) is 0.409. The van der Waals surface area contributed by atoms with E-state index in [1.54, 1.807) is 0 Å². The summed E-state index contributed by atoms with van der Waals surface area (Å²) in [5.74, 6) is 0.387. The second-order valence-electron chi connectivity index (χ2n) is 7.57. The fourth-order valence-electron chi connectivity index (χ4n) is 4.15. The van der Waals surface area contributed by atoms with E-state index in [2.05, 4.69) is 46.6 Å². The van der Waals surface area contributed by atoms with Gasteiger partial charge in [-0.2, -0.15) is 0 Å². The molecule has 2 aromatic rings. The summed E-state index contributed by atoms with van der Waals surface area (Å²) in [5, 5.41) is 12.9. The maximum atomic E-state index is 12.7. The standard InChI is InChI=1S/C22H26N2O2/c25-20-12-19(13-20)22(17-7-2-1-3-8-17)23-21(26)15-24-11-10-16-6-4-5-9-18(16)14-24/h1-9,19-20,22,25H,10-15H2,(H,23,26)/t19?,20?,22-/m1/s1. The molecule has 0 aromatic heterocycles. The van der Waals surface area contributed by atoms with E-state index in [1.807, 2.05) is 18.2 Å². The summed E-state index contributed by atoms with van der Waals surface area (Å²) in [7, 11) is 0. The minimum atomic E-state index is -0.221. The molecule has 2 N–H and O–H groups in total. The van der Waals surface area contributed by atoms with Crippen LogP contribution in [0.5, 0.6) is 0 Å². The van der Waals surface area contributed by atoms with Crippen molar-refractivity contribution in [1.82, 2.24) is 10.2 Å². The molecule has 4 rings (SSSR count). The summed E-state index contributed by atoms with van der Waals surface area (Å²) < 4.78 is 0. The van der Waals surface area contributed by atoms with Gasteiger partial charge < -0.3 is 10.4 Å². The van der Waals surface area contributed by atoms with Crippen molar-refractivity contribution in [3.63, 3.8) is 0 Å². The molecule has 1 aliphatic heterocycles. The van der Waals surface area contributed by atoms with Crippen molar-refractivity contribution < 1.29 is 9.90 Å². The van der Waals surface area contributed by atoms with E-state index >= 15 is 0 Å². The summed E-state index contributed by atoms with van der Waals surface area (Å²) in [6, 6.07) is 18.6. The van der Waals surface area contributed by atoms with Gasteiger partial charge in [0.2, 0.25) is 5.91 Å². The quantitative estimate of drug-likeness (QED) is 0.872. The van der Waals surface area contributed by atoms with Crippen LogP contribution in [0.15, 0.2) is 54.6 Å². The Kier molecular flexibility index (Phi) is 5.05. The van der Waals surface area contributed by atoms with Crippen LogP contribution in [0.2, 0.25) is 0 Å². The van der Waals surface area contributed by atoms with E-state index in [0.29, 0.717) is 12.5 Å². The van der Waals surface area contributed by atoms with Gasteiger partial charge in [-0.25, -0.2) is 0 Å². The van der Waals surface area contributed by atoms with Crippen molar-refractivity contribution >= 4 is 5.91 Å². The smallest absolute Gasteiger partial charge is 0.234 e. The van der Waals surface area contributed by atoms with Crippen molar-refractivity contribution in [3.8, 4) is 0 Å². The van der Waals surface area contributed by atoms with E-state index in [4.69, 9.17) is 0 Å². The third kappa shape index (κ3) is 3.81. The molecule has 1 heterocycles. The first kappa shape index (κ1) is 17.3. The van der Waals surface area contributed by atoms with Gasteiger partial charge in [0.25, 0.3) is 0 Å². The molecule has 2 aliphatic rings. The molecule has 2 aromatic carbocycles. The Bertz CT molecular complexity index is 756. The average molecular weight is 350 g/mol. The predicted octanol–water partition coefficient (Wildman–Crippen LogP) is 2.67. The third-order valence-electron chi connectivity index (χ3n) is 5.67. The molecule has 4 nitrogen and oxygen atoms in total. The highest BCUT2D eigenvalue weighted by Gasteiger charge is 2.35. The van der Waals surface area contributed by atoms with Crippen LogP contribution < -0.4 is 5.32 Å². The van der Waals surface area contributed by atoms with Gasteiger partial charge in [-0.05, 0) is 41.9 Å². The fourth-order valence-corrected chi connectivity index (χ4v) is 4.15. The first-order valence-corrected chi connectivity index (χ1v) is 9.50. The predicted molar refractivity (Wildman–Crippen MR) is 101 cm³/mol. The Balaban J connectivity index is 1.39. The molecular formula is C22H26N2O2. The average Bonchev–Trinajstić information content (AvgIpc) is 2.64. The van der Waals surface area contributed by atoms with Crippen molar-refractivity contribution in [2.24, 2.45) is 5.92 Å². The molecule has 26 heavy (non-hydrogen) atoms. The second-order valence-corrected chi connectivity index (χ2v) is 7.57. The van der Waals surface area contributed by atoms with Gasteiger partial charge in [-0.1, -0.05) is 54.6 Å². The van der Waals surface area contributed by atoms with Crippen LogP contribution in [0.4, 0.5) is 0 Å². The van der Waals surface area contributed by atoms with E-state index < -0.39 is 0 Å².